The number of phenols is 2. The predicted octanol–water partition coefficient (Wildman–Crippen LogP) is 1.87. The third-order valence-corrected chi connectivity index (χ3v) is 2.77. The van der Waals surface area contributed by atoms with Crippen molar-refractivity contribution >= 4 is 12.1 Å². The topological polar surface area (TPSA) is 91.2 Å². The molecule has 0 saturated heterocycles. The summed E-state index contributed by atoms with van der Waals surface area (Å²) in [5.74, 6) is -0.283. The van der Waals surface area contributed by atoms with Gasteiger partial charge in [-0.15, -0.1) is 0 Å². The first-order valence-electron chi connectivity index (χ1n) is 6.11. The van der Waals surface area contributed by atoms with Crippen LogP contribution < -0.4 is 10.2 Å². The van der Waals surface area contributed by atoms with Gasteiger partial charge in [0.1, 0.15) is 17.2 Å². The zero-order chi connectivity index (χ0) is 15.2. The average molecular weight is 286 g/mol. The molecule has 1 amide bonds. The Bertz CT molecular complexity index is 683. The monoisotopic (exact) mass is 286 g/mol. The standard InChI is InChI=1S/C15H14N2O4/c1-21-14-8-4-7-13(19)11(14)9-16-17-15(20)10-5-2-3-6-12(10)18/h2-9,18-19H,1H3,(H,17,20)/b16-9+. The first-order valence-corrected chi connectivity index (χ1v) is 6.11. The maximum atomic E-state index is 11.8. The number of hydrogen-bond acceptors (Lipinski definition) is 5. The van der Waals surface area contributed by atoms with Gasteiger partial charge < -0.3 is 14.9 Å². The lowest BCUT2D eigenvalue weighted by atomic mass is 10.2. The van der Waals surface area contributed by atoms with Crippen LogP contribution in [0.15, 0.2) is 47.6 Å². The Morgan fingerprint density at radius 3 is 2.57 bits per heavy atom. The maximum Gasteiger partial charge on any atom is 0.275 e. The molecule has 0 aliphatic heterocycles. The van der Waals surface area contributed by atoms with Crippen molar-refractivity contribution < 1.29 is 19.7 Å². The van der Waals surface area contributed by atoms with Crippen molar-refractivity contribution in [2.45, 2.75) is 0 Å². The SMILES string of the molecule is COc1cccc(O)c1/C=N/NC(=O)c1ccccc1O. The number of phenolic OH excluding ortho intramolecular Hbond substituents is 2. The van der Waals surface area contributed by atoms with Crippen LogP contribution in [0.2, 0.25) is 0 Å². The number of aromatic hydroxyl groups is 2. The first-order chi connectivity index (χ1) is 10.1. The molecule has 0 fully saturated rings. The smallest absolute Gasteiger partial charge is 0.275 e. The van der Waals surface area contributed by atoms with Crippen LogP contribution in [-0.2, 0) is 0 Å². The molecule has 2 aromatic carbocycles. The molecule has 0 heterocycles. The quantitative estimate of drug-likeness (QED) is 0.591. The van der Waals surface area contributed by atoms with E-state index in [0.717, 1.165) is 0 Å². The second-order valence-electron chi connectivity index (χ2n) is 4.11. The lowest BCUT2D eigenvalue weighted by molar-refractivity contribution is 0.0952. The van der Waals surface area contributed by atoms with Gasteiger partial charge in [-0.25, -0.2) is 5.43 Å². The van der Waals surface area contributed by atoms with Gasteiger partial charge in [-0.1, -0.05) is 18.2 Å². The van der Waals surface area contributed by atoms with E-state index in [1.807, 2.05) is 0 Å². The summed E-state index contributed by atoms with van der Waals surface area (Å²) in [4.78, 5) is 11.8. The highest BCUT2D eigenvalue weighted by Crippen LogP contribution is 2.25. The number of para-hydroxylation sites is 1. The Kier molecular flexibility index (Phi) is 4.40. The zero-order valence-corrected chi connectivity index (χ0v) is 11.3. The minimum Gasteiger partial charge on any atom is -0.507 e. The number of methoxy groups -OCH3 is 1. The van der Waals surface area contributed by atoms with E-state index in [1.165, 1.54) is 31.5 Å². The largest absolute Gasteiger partial charge is 0.507 e. The number of hydrogen-bond donors (Lipinski definition) is 3. The van der Waals surface area contributed by atoms with E-state index in [0.29, 0.717) is 11.3 Å². The third kappa shape index (κ3) is 3.30. The van der Waals surface area contributed by atoms with Crippen LogP contribution in [0.3, 0.4) is 0 Å². The van der Waals surface area contributed by atoms with E-state index in [4.69, 9.17) is 4.74 Å². The summed E-state index contributed by atoms with van der Waals surface area (Å²) in [6, 6.07) is 10.9. The van der Waals surface area contributed by atoms with Gasteiger partial charge >= 0.3 is 0 Å². The molecule has 0 aromatic heterocycles. The molecule has 6 heteroatoms. The molecule has 3 N–H and O–H groups in total. The van der Waals surface area contributed by atoms with E-state index in [-0.39, 0.29) is 17.1 Å². The minimum atomic E-state index is -0.557. The summed E-state index contributed by atoms with van der Waals surface area (Å²) >= 11 is 0. The fourth-order valence-corrected chi connectivity index (χ4v) is 1.72. The van der Waals surface area contributed by atoms with Crippen molar-refractivity contribution in [3.05, 3.63) is 53.6 Å². The van der Waals surface area contributed by atoms with Crippen LogP contribution in [0.5, 0.6) is 17.2 Å². The second-order valence-corrected chi connectivity index (χ2v) is 4.11. The normalized spacial score (nSPS) is 10.5. The van der Waals surface area contributed by atoms with E-state index >= 15 is 0 Å². The van der Waals surface area contributed by atoms with E-state index in [1.54, 1.807) is 24.3 Å². The Morgan fingerprint density at radius 1 is 1.14 bits per heavy atom. The Morgan fingerprint density at radius 2 is 1.86 bits per heavy atom. The van der Waals surface area contributed by atoms with Crippen molar-refractivity contribution in [3.63, 3.8) is 0 Å². The van der Waals surface area contributed by atoms with Gasteiger partial charge in [-0.05, 0) is 24.3 Å². The molecule has 0 atom stereocenters. The number of nitrogens with zero attached hydrogens (tertiary/aromatic N) is 1. The Labute approximate surface area is 121 Å². The first kappa shape index (κ1) is 14.4. The van der Waals surface area contributed by atoms with Crippen molar-refractivity contribution in [2.24, 2.45) is 5.10 Å². The summed E-state index contributed by atoms with van der Waals surface area (Å²) in [6.07, 6.45) is 1.27. The highest BCUT2D eigenvalue weighted by molar-refractivity contribution is 5.97. The summed E-state index contributed by atoms with van der Waals surface area (Å²) in [5.41, 5.74) is 2.73. The highest BCUT2D eigenvalue weighted by Gasteiger charge is 2.09. The van der Waals surface area contributed by atoms with Crippen molar-refractivity contribution in [2.75, 3.05) is 7.11 Å². The van der Waals surface area contributed by atoms with Crippen molar-refractivity contribution in [3.8, 4) is 17.2 Å². The zero-order valence-electron chi connectivity index (χ0n) is 11.3. The van der Waals surface area contributed by atoms with Crippen molar-refractivity contribution in [1.29, 1.82) is 0 Å². The van der Waals surface area contributed by atoms with Gasteiger partial charge in [0.2, 0.25) is 0 Å². The molecular weight excluding hydrogens is 272 g/mol. The van der Waals surface area contributed by atoms with Crippen LogP contribution in [0, 0.1) is 0 Å². The molecule has 0 aliphatic rings. The predicted molar refractivity (Wildman–Crippen MR) is 77.8 cm³/mol. The molecule has 108 valence electrons. The molecule has 0 unspecified atom stereocenters. The number of amides is 1. The molecule has 21 heavy (non-hydrogen) atoms. The van der Waals surface area contributed by atoms with Crippen LogP contribution in [0.4, 0.5) is 0 Å². The van der Waals surface area contributed by atoms with Crippen LogP contribution >= 0.6 is 0 Å². The molecule has 6 nitrogen and oxygen atoms in total. The van der Waals surface area contributed by atoms with E-state index < -0.39 is 5.91 Å². The van der Waals surface area contributed by atoms with Gasteiger partial charge in [0.05, 0.1) is 24.5 Å². The number of benzene rings is 2. The second kappa shape index (κ2) is 6.42. The molecule has 2 aromatic rings. The average Bonchev–Trinajstić information content (AvgIpc) is 2.49. The fourth-order valence-electron chi connectivity index (χ4n) is 1.72. The fraction of sp³-hybridized carbons (Fsp3) is 0.0667. The Hall–Kier alpha value is -3.02. The van der Waals surface area contributed by atoms with Gasteiger partial charge in [0.25, 0.3) is 5.91 Å². The maximum absolute atomic E-state index is 11.8. The van der Waals surface area contributed by atoms with E-state index in [2.05, 4.69) is 10.5 Å². The van der Waals surface area contributed by atoms with E-state index in [9.17, 15) is 15.0 Å². The van der Waals surface area contributed by atoms with Crippen LogP contribution in [0.25, 0.3) is 0 Å². The number of carbonyl (C=O) groups excluding carboxylic acids is 1. The lowest BCUT2D eigenvalue weighted by Gasteiger charge is -2.06. The Balaban J connectivity index is 2.13. The summed E-state index contributed by atoms with van der Waals surface area (Å²) in [6.45, 7) is 0. The number of rotatable bonds is 4. The number of carbonyl (C=O) groups is 1. The van der Waals surface area contributed by atoms with Gasteiger partial charge in [0, 0.05) is 0 Å². The minimum absolute atomic E-state index is 0.0186. The summed E-state index contributed by atoms with van der Waals surface area (Å²) in [7, 11) is 1.46. The van der Waals surface area contributed by atoms with Crippen LogP contribution in [-0.4, -0.2) is 29.4 Å². The molecule has 0 bridgehead atoms. The van der Waals surface area contributed by atoms with Crippen molar-refractivity contribution in [1.82, 2.24) is 5.43 Å². The summed E-state index contributed by atoms with van der Waals surface area (Å²) < 4.78 is 5.08. The van der Waals surface area contributed by atoms with Gasteiger partial charge in [-0.2, -0.15) is 5.10 Å². The molecule has 0 saturated carbocycles. The number of ether oxygens (including phenoxy) is 1. The summed E-state index contributed by atoms with van der Waals surface area (Å²) in [5, 5.41) is 23.0. The molecular formula is C15H14N2O4. The molecule has 0 spiro atoms. The molecule has 2 rings (SSSR count). The molecule has 0 radical (unpaired) electrons. The molecule has 0 aliphatic carbocycles. The van der Waals surface area contributed by atoms with Crippen LogP contribution in [0.1, 0.15) is 15.9 Å². The van der Waals surface area contributed by atoms with Gasteiger partial charge in [0.15, 0.2) is 0 Å². The lowest BCUT2D eigenvalue weighted by Crippen LogP contribution is -2.17. The number of nitrogens with one attached hydrogen (secondary N) is 1. The van der Waals surface area contributed by atoms with Gasteiger partial charge in [-0.3, -0.25) is 4.79 Å². The third-order valence-electron chi connectivity index (χ3n) is 2.77. The number of hydrazone groups is 1. The highest BCUT2D eigenvalue weighted by atomic mass is 16.5.